The van der Waals surface area contributed by atoms with Gasteiger partial charge in [-0.3, -0.25) is 9.59 Å². The summed E-state index contributed by atoms with van der Waals surface area (Å²) in [6.07, 6.45) is 6.48. The van der Waals surface area contributed by atoms with Crippen molar-refractivity contribution in [3.63, 3.8) is 0 Å². The second-order valence-electron chi connectivity index (χ2n) is 7.38. The maximum atomic E-state index is 11.8. The lowest BCUT2D eigenvalue weighted by Crippen LogP contribution is -2.54. The number of amides is 2. The van der Waals surface area contributed by atoms with Crippen LogP contribution in [0.3, 0.4) is 0 Å². The summed E-state index contributed by atoms with van der Waals surface area (Å²) in [5, 5.41) is 22.8. The molecule has 1 fully saturated rings. The fraction of sp³-hybridized carbons (Fsp3) is 0.556. The second-order valence-corrected chi connectivity index (χ2v) is 7.38. The van der Waals surface area contributed by atoms with Crippen LogP contribution in [0.2, 0.25) is 0 Å². The van der Waals surface area contributed by atoms with Gasteiger partial charge in [0.2, 0.25) is 11.8 Å². The number of carboxylic acid groups (broad SMARTS) is 2. The molecule has 1 saturated carbocycles. The number of hydrogen-bond acceptors (Lipinski definition) is 4. The maximum Gasteiger partial charge on any atom is 0.328 e. The van der Waals surface area contributed by atoms with Crippen LogP contribution in [0.5, 0.6) is 0 Å². The van der Waals surface area contributed by atoms with Crippen molar-refractivity contribution in [2.24, 2.45) is 5.92 Å². The van der Waals surface area contributed by atoms with Gasteiger partial charge < -0.3 is 20.8 Å². The Balaban J connectivity index is 2.60. The Morgan fingerprint density at radius 1 is 0.923 bits per heavy atom. The van der Waals surface area contributed by atoms with E-state index in [1.807, 2.05) is 20.8 Å². The van der Waals surface area contributed by atoms with Crippen molar-refractivity contribution in [2.45, 2.75) is 57.5 Å². The molecular weight excluding hydrogens is 340 g/mol. The zero-order valence-electron chi connectivity index (χ0n) is 15.2. The van der Waals surface area contributed by atoms with E-state index >= 15 is 0 Å². The molecule has 0 aromatic heterocycles. The summed E-state index contributed by atoms with van der Waals surface area (Å²) in [4.78, 5) is 44.6. The van der Waals surface area contributed by atoms with Crippen LogP contribution < -0.4 is 10.6 Å². The van der Waals surface area contributed by atoms with E-state index in [9.17, 15) is 19.2 Å². The van der Waals surface area contributed by atoms with E-state index < -0.39 is 34.8 Å². The largest absolute Gasteiger partial charge is 0.478 e. The Kier molecular flexibility index (Phi) is 7.11. The Bertz CT molecular complexity index is 628. The molecule has 1 aliphatic carbocycles. The minimum absolute atomic E-state index is 0.171. The van der Waals surface area contributed by atoms with Crippen molar-refractivity contribution in [2.75, 3.05) is 0 Å². The molecule has 8 nitrogen and oxygen atoms in total. The van der Waals surface area contributed by atoms with E-state index in [0.29, 0.717) is 12.8 Å². The summed E-state index contributed by atoms with van der Waals surface area (Å²) in [7, 11) is 0. The molecule has 1 aliphatic rings. The third-order valence-corrected chi connectivity index (χ3v) is 4.73. The quantitative estimate of drug-likeness (QED) is 0.501. The van der Waals surface area contributed by atoms with Crippen LogP contribution in [0.1, 0.15) is 46.5 Å². The first-order valence-corrected chi connectivity index (χ1v) is 8.40. The van der Waals surface area contributed by atoms with Gasteiger partial charge in [-0.1, -0.05) is 0 Å². The molecular formula is C18H26N2O6. The highest BCUT2D eigenvalue weighted by Gasteiger charge is 2.38. The van der Waals surface area contributed by atoms with Crippen LogP contribution in [0.25, 0.3) is 0 Å². The van der Waals surface area contributed by atoms with Crippen LogP contribution in [0, 0.1) is 5.92 Å². The Morgan fingerprint density at radius 2 is 1.38 bits per heavy atom. The molecule has 0 spiro atoms. The monoisotopic (exact) mass is 366 g/mol. The van der Waals surface area contributed by atoms with Gasteiger partial charge in [-0.05, 0) is 52.4 Å². The number of carbonyl (C=O) groups is 4. The van der Waals surface area contributed by atoms with Gasteiger partial charge in [0.15, 0.2) is 0 Å². The van der Waals surface area contributed by atoms with Crippen LogP contribution >= 0.6 is 0 Å². The predicted octanol–water partition coefficient (Wildman–Crippen LogP) is 1.23. The van der Waals surface area contributed by atoms with Crippen LogP contribution in [0.4, 0.5) is 0 Å². The number of rotatable bonds is 7. The van der Waals surface area contributed by atoms with Crippen LogP contribution in [-0.4, -0.2) is 45.0 Å². The average Bonchev–Trinajstić information content (AvgIpc) is 2.50. The Hall–Kier alpha value is -2.64. The SMILES string of the molecule is CC1(NC(=O)/C=C\C(=O)O)CCC(C(C)(C)NC(=O)/C=C\C(=O)O)CC1. The molecule has 0 saturated heterocycles. The summed E-state index contributed by atoms with van der Waals surface area (Å²) in [6.45, 7) is 5.69. The van der Waals surface area contributed by atoms with E-state index in [0.717, 1.165) is 37.1 Å². The second kappa shape index (κ2) is 8.64. The number of hydrogen-bond donors (Lipinski definition) is 4. The molecule has 26 heavy (non-hydrogen) atoms. The van der Waals surface area contributed by atoms with Crippen LogP contribution in [0.15, 0.2) is 24.3 Å². The summed E-state index contributed by atoms with van der Waals surface area (Å²) >= 11 is 0. The molecule has 0 aliphatic heterocycles. The van der Waals surface area contributed by atoms with Gasteiger partial charge in [0.1, 0.15) is 0 Å². The van der Waals surface area contributed by atoms with E-state index in [1.54, 1.807) is 0 Å². The van der Waals surface area contributed by atoms with Crippen molar-refractivity contribution >= 4 is 23.8 Å². The summed E-state index contributed by atoms with van der Waals surface area (Å²) < 4.78 is 0. The zero-order valence-corrected chi connectivity index (χ0v) is 15.2. The van der Waals surface area contributed by atoms with Gasteiger partial charge in [-0.2, -0.15) is 0 Å². The number of carboxylic acids is 2. The van der Waals surface area contributed by atoms with Crippen molar-refractivity contribution in [1.82, 2.24) is 10.6 Å². The lowest BCUT2D eigenvalue weighted by Gasteiger charge is -2.44. The number of nitrogens with one attached hydrogen (secondary N) is 2. The van der Waals surface area contributed by atoms with Crippen LogP contribution in [-0.2, 0) is 19.2 Å². The first kappa shape index (κ1) is 21.4. The van der Waals surface area contributed by atoms with E-state index in [2.05, 4.69) is 10.6 Å². The molecule has 4 N–H and O–H groups in total. The third-order valence-electron chi connectivity index (χ3n) is 4.73. The fourth-order valence-electron chi connectivity index (χ4n) is 3.20. The van der Waals surface area contributed by atoms with Crippen molar-refractivity contribution in [1.29, 1.82) is 0 Å². The molecule has 0 heterocycles. The van der Waals surface area contributed by atoms with Gasteiger partial charge in [0, 0.05) is 35.4 Å². The highest BCUT2D eigenvalue weighted by molar-refractivity contribution is 5.94. The normalized spacial score (nSPS) is 23.7. The lowest BCUT2D eigenvalue weighted by molar-refractivity contribution is -0.132. The van der Waals surface area contributed by atoms with Gasteiger partial charge in [-0.25, -0.2) is 9.59 Å². The molecule has 2 amide bonds. The first-order valence-electron chi connectivity index (χ1n) is 8.40. The summed E-state index contributed by atoms with van der Waals surface area (Å²) in [6, 6.07) is 0. The summed E-state index contributed by atoms with van der Waals surface area (Å²) in [5.41, 5.74) is -0.950. The minimum atomic E-state index is -1.18. The highest BCUT2D eigenvalue weighted by atomic mass is 16.4. The number of aliphatic carboxylic acids is 2. The van der Waals surface area contributed by atoms with Crippen molar-refractivity contribution < 1.29 is 29.4 Å². The first-order chi connectivity index (χ1) is 11.9. The Labute approximate surface area is 152 Å². The molecule has 0 unspecified atom stereocenters. The average molecular weight is 366 g/mol. The van der Waals surface area contributed by atoms with Gasteiger partial charge in [-0.15, -0.1) is 0 Å². The summed E-state index contributed by atoms with van der Waals surface area (Å²) in [5.74, 6) is -3.09. The molecule has 0 aromatic carbocycles. The number of carbonyl (C=O) groups excluding carboxylic acids is 2. The van der Waals surface area contributed by atoms with E-state index in [-0.39, 0.29) is 5.92 Å². The molecule has 0 radical (unpaired) electrons. The fourth-order valence-corrected chi connectivity index (χ4v) is 3.20. The molecule has 0 bridgehead atoms. The Morgan fingerprint density at radius 3 is 1.85 bits per heavy atom. The molecule has 0 aromatic rings. The molecule has 0 atom stereocenters. The lowest BCUT2D eigenvalue weighted by atomic mass is 9.70. The standard InChI is InChI=1S/C18H26N2O6/c1-17(2,19-13(21)4-6-15(23)24)12-8-10-18(3,11-9-12)20-14(22)5-7-16(25)26/h4-7,12H,8-11H2,1-3H3,(H,19,21)(H,20,22)(H,23,24)(H,25,26)/b6-4-,7-5-. The minimum Gasteiger partial charge on any atom is -0.478 e. The van der Waals surface area contributed by atoms with Gasteiger partial charge in [0.25, 0.3) is 0 Å². The van der Waals surface area contributed by atoms with Gasteiger partial charge >= 0.3 is 11.9 Å². The molecule has 1 rings (SSSR count). The van der Waals surface area contributed by atoms with Gasteiger partial charge in [0.05, 0.1) is 0 Å². The maximum absolute atomic E-state index is 11.8. The zero-order chi connectivity index (χ0) is 20.0. The topological polar surface area (TPSA) is 133 Å². The smallest absolute Gasteiger partial charge is 0.328 e. The van der Waals surface area contributed by atoms with Crippen molar-refractivity contribution in [3.8, 4) is 0 Å². The van der Waals surface area contributed by atoms with Crippen molar-refractivity contribution in [3.05, 3.63) is 24.3 Å². The van der Waals surface area contributed by atoms with E-state index in [4.69, 9.17) is 10.2 Å². The highest BCUT2D eigenvalue weighted by Crippen LogP contribution is 2.37. The van der Waals surface area contributed by atoms with E-state index in [1.165, 1.54) is 0 Å². The molecule has 144 valence electrons. The predicted molar refractivity (Wildman–Crippen MR) is 94.3 cm³/mol. The molecule has 8 heteroatoms. The third kappa shape index (κ3) is 7.08.